The summed E-state index contributed by atoms with van der Waals surface area (Å²) in [6.07, 6.45) is -6.28. The Bertz CT molecular complexity index is 1280. The number of alkyl halides is 8. The second-order valence-electron chi connectivity index (χ2n) is 8.70. The molecule has 0 radical (unpaired) electrons. The van der Waals surface area contributed by atoms with Gasteiger partial charge in [0.2, 0.25) is 5.69 Å². The highest BCUT2D eigenvalue weighted by molar-refractivity contribution is 5.98. The SMILES string of the molecule is O=C(NC(c1cccnc1)C(F)(F)F)c1[nH]c(C[NH+]2CCC(F)(F)CC2)[n+]2ccccc12.O=C([O-])C(F)(F)F. The molecule has 0 spiro atoms. The predicted molar refractivity (Wildman–Crippen MR) is 114 cm³/mol. The Morgan fingerprint density at radius 2 is 1.74 bits per heavy atom. The molecule has 4 heterocycles. The van der Waals surface area contributed by atoms with Gasteiger partial charge < -0.3 is 20.1 Å². The van der Waals surface area contributed by atoms with E-state index in [9.17, 15) is 39.9 Å². The number of carboxylic acids is 1. The number of quaternary nitrogens is 1. The highest BCUT2D eigenvalue weighted by Crippen LogP contribution is 2.32. The maximum atomic E-state index is 13.7. The first-order valence-corrected chi connectivity index (χ1v) is 11.4. The monoisotopic (exact) mass is 568 g/mol. The lowest BCUT2D eigenvalue weighted by Crippen LogP contribution is -3.12. The van der Waals surface area contributed by atoms with Gasteiger partial charge in [-0.2, -0.15) is 30.7 Å². The van der Waals surface area contributed by atoms with Crippen LogP contribution in [0.25, 0.3) is 5.52 Å². The molecule has 1 saturated heterocycles. The van der Waals surface area contributed by atoms with Crippen LogP contribution < -0.4 is 19.7 Å². The molecule has 16 heteroatoms. The molecule has 1 unspecified atom stereocenters. The largest absolute Gasteiger partial charge is 0.542 e. The fraction of sp³-hybridized carbons (Fsp3) is 0.391. The van der Waals surface area contributed by atoms with Crippen LogP contribution in [-0.2, 0) is 11.3 Å². The number of amides is 1. The van der Waals surface area contributed by atoms with Crippen molar-refractivity contribution < 1.29 is 59.1 Å². The van der Waals surface area contributed by atoms with Gasteiger partial charge in [-0.3, -0.25) is 9.78 Å². The van der Waals surface area contributed by atoms with E-state index in [2.05, 4.69) is 15.3 Å². The van der Waals surface area contributed by atoms with Crippen molar-refractivity contribution in [2.75, 3.05) is 13.1 Å². The summed E-state index contributed by atoms with van der Waals surface area (Å²) in [4.78, 5) is 29.2. The standard InChI is InChI=1S/C21H20F5N5O.C2HF3O2/c22-20(23)6-10-30(11-7-20)13-16-28-17(15-5-1-2-9-31(15)16)19(32)29-18(21(24,25)26)14-4-3-8-27-12-14;3-2(4,5)1(6)7/h1-5,8-9,12,18H,6-7,10-11,13H2,(H,29,32);(H,6,7)/p+1. The Balaban J connectivity index is 0.000000532. The van der Waals surface area contributed by atoms with Crippen molar-refractivity contribution in [1.29, 1.82) is 0 Å². The second kappa shape index (κ2) is 11.5. The van der Waals surface area contributed by atoms with Crippen LogP contribution in [0.4, 0.5) is 35.1 Å². The quantitative estimate of drug-likeness (QED) is 0.319. The fourth-order valence-corrected chi connectivity index (χ4v) is 3.94. The number of aromatic amines is 1. The number of likely N-dealkylation sites (tertiary alicyclic amines) is 1. The number of pyridine rings is 2. The smallest absolute Gasteiger partial charge is 0.430 e. The summed E-state index contributed by atoms with van der Waals surface area (Å²) in [6.45, 7) is 0.860. The maximum absolute atomic E-state index is 13.7. The molecule has 1 aliphatic heterocycles. The van der Waals surface area contributed by atoms with E-state index in [1.54, 1.807) is 28.8 Å². The van der Waals surface area contributed by atoms with Crippen LogP contribution in [0.2, 0.25) is 0 Å². The number of rotatable bonds is 5. The van der Waals surface area contributed by atoms with Gasteiger partial charge in [0.05, 0.1) is 32.1 Å². The van der Waals surface area contributed by atoms with Gasteiger partial charge in [-0.15, -0.1) is 0 Å². The molecule has 3 aromatic heterocycles. The van der Waals surface area contributed by atoms with Gasteiger partial charge in [0.15, 0.2) is 18.1 Å². The fourth-order valence-electron chi connectivity index (χ4n) is 3.94. The van der Waals surface area contributed by atoms with E-state index >= 15 is 0 Å². The lowest BCUT2D eigenvalue weighted by atomic mass is 10.1. The minimum Gasteiger partial charge on any atom is -0.542 e. The van der Waals surface area contributed by atoms with Gasteiger partial charge in [-0.25, -0.2) is 13.8 Å². The van der Waals surface area contributed by atoms with Gasteiger partial charge >= 0.3 is 18.2 Å². The van der Waals surface area contributed by atoms with Crippen LogP contribution in [0.3, 0.4) is 0 Å². The number of H-pyrrole nitrogens is 1. The lowest BCUT2D eigenvalue weighted by Gasteiger charge is -2.27. The molecule has 1 aliphatic rings. The van der Waals surface area contributed by atoms with Crippen molar-refractivity contribution in [2.45, 2.75) is 43.7 Å². The highest BCUT2D eigenvalue weighted by Gasteiger charge is 2.43. The molecule has 0 aliphatic carbocycles. The van der Waals surface area contributed by atoms with E-state index in [-0.39, 0.29) is 37.2 Å². The third kappa shape index (κ3) is 7.84. The van der Waals surface area contributed by atoms with E-state index in [0.717, 1.165) is 11.1 Å². The molecule has 1 amide bonds. The zero-order valence-corrected chi connectivity index (χ0v) is 19.9. The van der Waals surface area contributed by atoms with Crippen molar-refractivity contribution in [2.24, 2.45) is 0 Å². The molecule has 8 nitrogen and oxygen atoms in total. The predicted octanol–water partition coefficient (Wildman–Crippen LogP) is 1.29. The first-order chi connectivity index (χ1) is 18.1. The Labute approximate surface area is 215 Å². The van der Waals surface area contributed by atoms with E-state index in [0.29, 0.717) is 17.9 Å². The van der Waals surface area contributed by atoms with E-state index in [4.69, 9.17) is 9.90 Å². The van der Waals surface area contributed by atoms with E-state index in [1.165, 1.54) is 18.3 Å². The summed E-state index contributed by atoms with van der Waals surface area (Å²) in [5, 5.41) is 10.8. The van der Waals surface area contributed by atoms with Gasteiger partial charge in [0.25, 0.3) is 11.8 Å². The summed E-state index contributed by atoms with van der Waals surface area (Å²) >= 11 is 0. The van der Waals surface area contributed by atoms with Crippen LogP contribution in [0.1, 0.15) is 40.8 Å². The summed E-state index contributed by atoms with van der Waals surface area (Å²) < 4.78 is 101. The molecule has 212 valence electrons. The zero-order valence-electron chi connectivity index (χ0n) is 19.9. The van der Waals surface area contributed by atoms with Crippen LogP contribution in [0.5, 0.6) is 0 Å². The van der Waals surface area contributed by atoms with Crippen molar-refractivity contribution in [3.05, 3.63) is 66.0 Å². The molecule has 4 rings (SSSR count). The Kier molecular flexibility index (Phi) is 8.77. The van der Waals surface area contributed by atoms with Crippen molar-refractivity contribution in [3.8, 4) is 0 Å². The van der Waals surface area contributed by atoms with Crippen LogP contribution in [0.15, 0.2) is 48.9 Å². The van der Waals surface area contributed by atoms with Crippen molar-refractivity contribution >= 4 is 17.4 Å². The number of aromatic nitrogens is 3. The molecule has 0 aromatic carbocycles. The number of nitrogens with one attached hydrogen (secondary N) is 3. The summed E-state index contributed by atoms with van der Waals surface area (Å²) in [5.41, 5.74) is 0.185. The number of carboxylic acid groups (broad SMARTS) is 1. The Hall–Kier alpha value is -3.82. The minimum atomic E-state index is -5.19. The molecule has 1 atom stereocenters. The number of halogens is 8. The Morgan fingerprint density at radius 3 is 2.28 bits per heavy atom. The number of piperidine rings is 1. The molecule has 3 N–H and O–H groups in total. The van der Waals surface area contributed by atoms with E-state index in [1.807, 2.05) is 0 Å². The number of carbonyl (C=O) groups excluding carboxylic acids is 2. The molecular formula is C23H22F8N5O3+. The number of hydrogen-bond acceptors (Lipinski definition) is 4. The van der Waals surface area contributed by atoms with Crippen LogP contribution in [-0.4, -0.2) is 53.2 Å². The zero-order chi connectivity index (χ0) is 29.0. The number of hydrogen-bond donors (Lipinski definition) is 3. The van der Waals surface area contributed by atoms with Crippen LogP contribution >= 0.6 is 0 Å². The van der Waals surface area contributed by atoms with Gasteiger partial charge in [0, 0.05) is 18.0 Å². The average Bonchev–Trinajstić information content (AvgIpc) is 3.22. The summed E-state index contributed by atoms with van der Waals surface area (Å²) in [5.74, 6) is -6.05. The van der Waals surface area contributed by atoms with E-state index < -0.39 is 36.2 Å². The number of carbonyl (C=O) groups is 2. The van der Waals surface area contributed by atoms with Gasteiger partial charge in [0.1, 0.15) is 5.97 Å². The molecule has 0 saturated carbocycles. The topological polar surface area (TPSA) is 106 Å². The highest BCUT2D eigenvalue weighted by atomic mass is 19.4. The number of fused-ring (bicyclic) bond motifs is 1. The minimum absolute atomic E-state index is 0.0273. The maximum Gasteiger partial charge on any atom is 0.430 e. The lowest BCUT2D eigenvalue weighted by molar-refractivity contribution is -0.927. The summed E-state index contributed by atoms with van der Waals surface area (Å²) in [7, 11) is 0. The van der Waals surface area contributed by atoms with Crippen LogP contribution in [0, 0.1) is 0 Å². The molecule has 1 fully saturated rings. The third-order valence-electron chi connectivity index (χ3n) is 5.86. The average molecular weight is 568 g/mol. The van der Waals surface area contributed by atoms with Crippen molar-refractivity contribution in [1.82, 2.24) is 15.3 Å². The molecule has 0 bridgehead atoms. The van der Waals surface area contributed by atoms with Crippen molar-refractivity contribution in [3.63, 3.8) is 0 Å². The molecular weight excluding hydrogens is 546 g/mol. The number of nitrogens with zero attached hydrogens (tertiary/aromatic N) is 2. The number of imidazole rings is 1. The first kappa shape index (κ1) is 29.7. The third-order valence-corrected chi connectivity index (χ3v) is 5.86. The number of aliphatic carboxylic acids is 1. The second-order valence-corrected chi connectivity index (χ2v) is 8.70. The van der Waals surface area contributed by atoms with Gasteiger partial charge in [-0.05, 0) is 18.2 Å². The summed E-state index contributed by atoms with van der Waals surface area (Å²) in [6, 6.07) is 5.38. The normalized spacial score (nSPS) is 16.7. The molecule has 3 aromatic rings. The molecule has 39 heavy (non-hydrogen) atoms. The first-order valence-electron chi connectivity index (χ1n) is 11.4. The van der Waals surface area contributed by atoms with Gasteiger partial charge in [-0.1, -0.05) is 12.1 Å². The Morgan fingerprint density at radius 1 is 1.10 bits per heavy atom.